The number of aromatic amines is 1. The molecule has 0 radical (unpaired) electrons. The zero-order chi connectivity index (χ0) is 19.0. The van der Waals surface area contributed by atoms with Gasteiger partial charge in [-0.25, -0.2) is 4.79 Å². The lowest BCUT2D eigenvalue weighted by Crippen LogP contribution is -2.45. The average Bonchev–Trinajstić information content (AvgIpc) is 3.09. The van der Waals surface area contributed by atoms with Crippen molar-refractivity contribution in [2.45, 2.75) is 62.9 Å². The van der Waals surface area contributed by atoms with Gasteiger partial charge in [0.25, 0.3) is 0 Å². The van der Waals surface area contributed by atoms with E-state index in [4.69, 9.17) is 4.52 Å². The number of carboxylic acid groups (broad SMARTS) is 1. The van der Waals surface area contributed by atoms with E-state index in [1.54, 1.807) is 11.0 Å². The number of amides is 2. The summed E-state index contributed by atoms with van der Waals surface area (Å²) >= 11 is 0. The normalized spacial score (nSPS) is 23.1. The highest BCUT2D eigenvalue weighted by molar-refractivity contribution is 5.91. The second-order valence-electron chi connectivity index (χ2n) is 7.74. The second kappa shape index (κ2) is 6.71. The van der Waals surface area contributed by atoms with E-state index in [0.29, 0.717) is 11.5 Å². The van der Waals surface area contributed by atoms with Crippen molar-refractivity contribution < 1.29 is 19.2 Å². The average molecular weight is 373 g/mol. The third-order valence-corrected chi connectivity index (χ3v) is 5.67. The first-order valence-electron chi connectivity index (χ1n) is 9.21. The Morgan fingerprint density at radius 3 is 2.93 bits per heavy atom. The van der Waals surface area contributed by atoms with Crippen molar-refractivity contribution in [3.8, 4) is 0 Å². The Balaban J connectivity index is 1.36. The van der Waals surface area contributed by atoms with Crippen molar-refractivity contribution in [1.82, 2.24) is 20.3 Å². The first kappa shape index (κ1) is 17.6. The van der Waals surface area contributed by atoms with Crippen LogP contribution in [0.4, 0.5) is 10.6 Å². The lowest BCUT2D eigenvalue weighted by atomic mass is 10.0. The summed E-state index contributed by atoms with van der Waals surface area (Å²) in [6, 6.07) is 3.51. The fraction of sp³-hybridized carbons (Fsp3) is 0.556. The molecule has 2 aromatic rings. The molecule has 2 aliphatic carbocycles. The van der Waals surface area contributed by atoms with E-state index in [1.165, 1.54) is 6.26 Å². The van der Waals surface area contributed by atoms with Gasteiger partial charge in [-0.1, -0.05) is 5.16 Å². The van der Waals surface area contributed by atoms with Gasteiger partial charge in [-0.05, 0) is 39.0 Å². The predicted molar refractivity (Wildman–Crippen MR) is 95.3 cm³/mol. The molecule has 0 unspecified atom stereocenters. The van der Waals surface area contributed by atoms with E-state index < -0.39 is 6.09 Å². The van der Waals surface area contributed by atoms with Crippen LogP contribution in [0.25, 0.3) is 0 Å². The zero-order valence-corrected chi connectivity index (χ0v) is 15.1. The quantitative estimate of drug-likeness (QED) is 0.715. The molecule has 9 heteroatoms. The molecule has 2 aromatic heterocycles. The molecule has 0 saturated heterocycles. The molecule has 2 saturated carbocycles. The standard InChI is InChI=1S/C18H23N5O4/c1-18(5-6-18)23(17(25)26)13-3-2-11(8-13)14-10-15(21-20-14)19-16(24)9-12-4-7-27-22-12/h4,7,10-11,13H,2-3,5-6,8-9H2,1H3,(H,25,26)(H2,19,20,21,24)/t11-,13+/m0/s1. The summed E-state index contributed by atoms with van der Waals surface area (Å²) in [4.78, 5) is 25.4. The van der Waals surface area contributed by atoms with Crippen LogP contribution in [0.5, 0.6) is 0 Å². The molecule has 2 amide bonds. The maximum Gasteiger partial charge on any atom is 0.408 e. The summed E-state index contributed by atoms with van der Waals surface area (Å²) in [5, 5.41) is 23.2. The minimum atomic E-state index is -0.828. The summed E-state index contributed by atoms with van der Waals surface area (Å²) in [6.45, 7) is 2.02. The molecule has 2 aliphatic rings. The highest BCUT2D eigenvalue weighted by Crippen LogP contribution is 2.47. The van der Waals surface area contributed by atoms with Crippen LogP contribution in [0.3, 0.4) is 0 Å². The Hall–Kier alpha value is -2.84. The topological polar surface area (TPSA) is 124 Å². The van der Waals surface area contributed by atoms with E-state index in [2.05, 4.69) is 20.7 Å². The maximum atomic E-state index is 12.0. The molecule has 3 N–H and O–H groups in total. The molecule has 0 bridgehead atoms. The third-order valence-electron chi connectivity index (χ3n) is 5.67. The van der Waals surface area contributed by atoms with Crippen molar-refractivity contribution in [1.29, 1.82) is 0 Å². The smallest absolute Gasteiger partial charge is 0.408 e. The van der Waals surface area contributed by atoms with Crippen molar-refractivity contribution in [3.63, 3.8) is 0 Å². The van der Waals surface area contributed by atoms with Gasteiger partial charge in [0, 0.05) is 35.3 Å². The van der Waals surface area contributed by atoms with Crippen LogP contribution in [0.1, 0.15) is 56.3 Å². The van der Waals surface area contributed by atoms with E-state index >= 15 is 0 Å². The summed E-state index contributed by atoms with van der Waals surface area (Å²) in [7, 11) is 0. The van der Waals surface area contributed by atoms with E-state index in [0.717, 1.165) is 37.8 Å². The highest BCUT2D eigenvalue weighted by Gasteiger charge is 2.50. The number of carbonyl (C=O) groups is 2. The fourth-order valence-corrected chi connectivity index (χ4v) is 4.01. The zero-order valence-electron chi connectivity index (χ0n) is 15.1. The molecule has 2 fully saturated rings. The van der Waals surface area contributed by atoms with Crippen LogP contribution >= 0.6 is 0 Å². The molecular formula is C18H23N5O4. The molecule has 0 spiro atoms. The summed E-state index contributed by atoms with van der Waals surface area (Å²) in [5.41, 5.74) is 1.30. The molecule has 144 valence electrons. The molecule has 4 rings (SSSR count). The van der Waals surface area contributed by atoms with E-state index in [-0.39, 0.29) is 29.8 Å². The second-order valence-corrected chi connectivity index (χ2v) is 7.74. The Labute approximate surface area is 156 Å². The number of rotatable bonds is 6. The van der Waals surface area contributed by atoms with Gasteiger partial charge in [0.05, 0.1) is 12.1 Å². The molecule has 27 heavy (non-hydrogen) atoms. The maximum absolute atomic E-state index is 12.0. The van der Waals surface area contributed by atoms with Gasteiger partial charge >= 0.3 is 6.09 Å². The molecule has 0 aliphatic heterocycles. The summed E-state index contributed by atoms with van der Waals surface area (Å²) in [5.74, 6) is 0.462. The molecular weight excluding hydrogens is 350 g/mol. The van der Waals surface area contributed by atoms with Crippen LogP contribution in [-0.4, -0.2) is 48.9 Å². The number of anilines is 1. The Kier molecular flexibility index (Phi) is 4.37. The molecule has 9 nitrogen and oxygen atoms in total. The van der Waals surface area contributed by atoms with Crippen LogP contribution in [0.2, 0.25) is 0 Å². The van der Waals surface area contributed by atoms with E-state index in [9.17, 15) is 14.7 Å². The van der Waals surface area contributed by atoms with Crippen molar-refractivity contribution >= 4 is 17.8 Å². The highest BCUT2D eigenvalue weighted by atomic mass is 16.5. The molecule has 0 aromatic carbocycles. The molecule has 2 heterocycles. The number of nitrogens with zero attached hydrogens (tertiary/aromatic N) is 3. The van der Waals surface area contributed by atoms with Crippen molar-refractivity contribution in [2.75, 3.05) is 5.32 Å². The molecule has 2 atom stereocenters. The number of carbonyl (C=O) groups excluding carboxylic acids is 1. The Morgan fingerprint density at radius 2 is 2.26 bits per heavy atom. The minimum absolute atomic E-state index is 0.0357. The van der Waals surface area contributed by atoms with Gasteiger partial charge in [-0.2, -0.15) is 5.10 Å². The van der Waals surface area contributed by atoms with Gasteiger partial charge in [0.15, 0.2) is 5.82 Å². The van der Waals surface area contributed by atoms with Crippen molar-refractivity contribution in [2.24, 2.45) is 0 Å². The number of hydrogen-bond donors (Lipinski definition) is 3. The van der Waals surface area contributed by atoms with Crippen LogP contribution < -0.4 is 5.32 Å². The first-order chi connectivity index (χ1) is 12.9. The van der Waals surface area contributed by atoms with Crippen LogP contribution in [0.15, 0.2) is 22.9 Å². The summed E-state index contributed by atoms with van der Waals surface area (Å²) in [6.07, 6.45) is 5.11. The Bertz CT molecular complexity index is 827. The summed E-state index contributed by atoms with van der Waals surface area (Å²) < 4.78 is 4.71. The fourth-order valence-electron chi connectivity index (χ4n) is 4.01. The first-order valence-corrected chi connectivity index (χ1v) is 9.21. The van der Waals surface area contributed by atoms with Gasteiger partial charge in [0.1, 0.15) is 6.26 Å². The predicted octanol–water partition coefficient (Wildman–Crippen LogP) is 2.75. The lowest BCUT2D eigenvalue weighted by Gasteiger charge is -2.32. The van der Waals surface area contributed by atoms with Gasteiger partial charge < -0.3 is 14.9 Å². The number of aromatic nitrogens is 3. The monoisotopic (exact) mass is 373 g/mol. The van der Waals surface area contributed by atoms with Crippen LogP contribution in [0, 0.1) is 0 Å². The SMILES string of the molecule is CC1(N(C(=O)O)[C@@H]2CC[C@H](c3cc(NC(=O)Cc4ccon4)n[nH]3)C2)CC1. The van der Waals surface area contributed by atoms with Gasteiger partial charge in [-0.3, -0.25) is 14.8 Å². The van der Waals surface area contributed by atoms with Gasteiger partial charge in [0.2, 0.25) is 5.91 Å². The third kappa shape index (κ3) is 3.67. The number of nitrogens with one attached hydrogen (secondary N) is 2. The Morgan fingerprint density at radius 1 is 1.44 bits per heavy atom. The van der Waals surface area contributed by atoms with Crippen LogP contribution in [-0.2, 0) is 11.2 Å². The van der Waals surface area contributed by atoms with Crippen molar-refractivity contribution in [3.05, 3.63) is 29.8 Å². The number of hydrogen-bond acceptors (Lipinski definition) is 5. The van der Waals surface area contributed by atoms with E-state index in [1.807, 2.05) is 13.0 Å². The lowest BCUT2D eigenvalue weighted by molar-refractivity contribution is -0.115. The van der Waals surface area contributed by atoms with Gasteiger partial charge in [-0.15, -0.1) is 0 Å². The number of H-pyrrole nitrogens is 1. The minimum Gasteiger partial charge on any atom is -0.465 e. The largest absolute Gasteiger partial charge is 0.465 e.